The molecule has 1 N–H and O–H groups in total. The second kappa shape index (κ2) is 7.83. The summed E-state index contributed by atoms with van der Waals surface area (Å²) in [5.41, 5.74) is -0.196. The lowest BCUT2D eigenvalue weighted by atomic mass is 10.1. The fourth-order valence-electron chi connectivity index (χ4n) is 1.78. The first-order valence-electron chi connectivity index (χ1n) is 6.80. The van der Waals surface area contributed by atoms with Gasteiger partial charge >= 0.3 is 0 Å². The Kier molecular flexibility index (Phi) is 6.42. The Morgan fingerprint density at radius 3 is 2.52 bits per heavy atom. The predicted octanol–water partition coefficient (Wildman–Crippen LogP) is 3.32. The van der Waals surface area contributed by atoms with Crippen LogP contribution in [-0.2, 0) is 4.79 Å². The van der Waals surface area contributed by atoms with Crippen molar-refractivity contribution in [3.63, 3.8) is 0 Å². The zero-order chi connectivity index (χ0) is 16.0. The third-order valence-electron chi connectivity index (χ3n) is 3.13. The molecule has 0 aromatic heterocycles. The van der Waals surface area contributed by atoms with Gasteiger partial charge in [0.05, 0.1) is 4.92 Å². The fourth-order valence-corrected chi connectivity index (χ4v) is 2.02. The molecule has 7 heteroatoms. The molecule has 6 nitrogen and oxygen atoms in total. The van der Waals surface area contributed by atoms with Crippen LogP contribution in [0.15, 0.2) is 18.2 Å². The van der Waals surface area contributed by atoms with Gasteiger partial charge in [0.25, 0.3) is 11.6 Å². The van der Waals surface area contributed by atoms with Crippen LogP contribution in [0.1, 0.15) is 33.6 Å². The molecule has 1 rings (SSSR count). The first kappa shape index (κ1) is 17.2. The molecule has 0 aliphatic rings. The van der Waals surface area contributed by atoms with Crippen molar-refractivity contribution in [3.05, 3.63) is 33.3 Å². The molecule has 0 aliphatic carbocycles. The second-order valence-electron chi connectivity index (χ2n) is 4.65. The van der Waals surface area contributed by atoms with Crippen LogP contribution in [0.4, 0.5) is 5.69 Å². The standard InChI is InChI=1S/C14H19ClN2O4/c1-4-10(5-2)16-14(18)9(3)21-11-6-7-13(17(19)20)12(15)8-11/h6-10H,4-5H2,1-3H3,(H,16,18). The predicted molar refractivity (Wildman–Crippen MR) is 80.7 cm³/mol. The van der Waals surface area contributed by atoms with Crippen LogP contribution in [0.25, 0.3) is 0 Å². The number of benzene rings is 1. The van der Waals surface area contributed by atoms with Gasteiger partial charge in [-0.3, -0.25) is 14.9 Å². The first-order valence-corrected chi connectivity index (χ1v) is 7.17. The van der Waals surface area contributed by atoms with Crippen molar-refractivity contribution >= 4 is 23.2 Å². The van der Waals surface area contributed by atoms with Crippen LogP contribution < -0.4 is 10.1 Å². The number of carbonyl (C=O) groups is 1. The highest BCUT2D eigenvalue weighted by Gasteiger charge is 2.19. The van der Waals surface area contributed by atoms with Gasteiger partial charge in [0.15, 0.2) is 6.10 Å². The summed E-state index contributed by atoms with van der Waals surface area (Å²) in [4.78, 5) is 22.1. The molecule has 1 atom stereocenters. The van der Waals surface area contributed by atoms with Crippen LogP contribution in [0.5, 0.6) is 5.75 Å². The number of nitro benzene ring substituents is 1. The molecular formula is C14H19ClN2O4. The average molecular weight is 315 g/mol. The van der Waals surface area contributed by atoms with E-state index in [0.717, 1.165) is 12.8 Å². The Morgan fingerprint density at radius 2 is 2.05 bits per heavy atom. The molecular weight excluding hydrogens is 296 g/mol. The van der Waals surface area contributed by atoms with Crippen molar-refractivity contribution in [1.82, 2.24) is 5.32 Å². The van der Waals surface area contributed by atoms with E-state index in [2.05, 4.69) is 5.32 Å². The number of nitrogens with zero attached hydrogens (tertiary/aromatic N) is 1. The van der Waals surface area contributed by atoms with E-state index in [1.807, 2.05) is 13.8 Å². The topological polar surface area (TPSA) is 81.5 Å². The summed E-state index contributed by atoms with van der Waals surface area (Å²) >= 11 is 5.79. The lowest BCUT2D eigenvalue weighted by Gasteiger charge is -2.19. The molecule has 0 aliphatic heterocycles. The molecule has 0 saturated heterocycles. The fraction of sp³-hybridized carbons (Fsp3) is 0.500. The van der Waals surface area contributed by atoms with E-state index in [4.69, 9.17) is 16.3 Å². The number of halogens is 1. The summed E-state index contributed by atoms with van der Waals surface area (Å²) in [6.45, 7) is 5.61. The number of hydrogen-bond donors (Lipinski definition) is 1. The van der Waals surface area contributed by atoms with E-state index < -0.39 is 11.0 Å². The molecule has 0 spiro atoms. The van der Waals surface area contributed by atoms with Crippen LogP contribution in [0, 0.1) is 10.1 Å². The molecule has 1 amide bonds. The smallest absolute Gasteiger partial charge is 0.288 e. The van der Waals surface area contributed by atoms with E-state index in [0.29, 0.717) is 5.75 Å². The molecule has 116 valence electrons. The van der Waals surface area contributed by atoms with Crippen LogP contribution >= 0.6 is 11.6 Å². The van der Waals surface area contributed by atoms with Crippen molar-refractivity contribution in [3.8, 4) is 5.75 Å². The zero-order valence-corrected chi connectivity index (χ0v) is 13.0. The quantitative estimate of drug-likeness (QED) is 0.618. The maximum atomic E-state index is 12.0. The molecule has 0 saturated carbocycles. The van der Waals surface area contributed by atoms with Gasteiger partial charge in [0, 0.05) is 18.2 Å². The van der Waals surface area contributed by atoms with E-state index in [1.54, 1.807) is 6.92 Å². The van der Waals surface area contributed by atoms with Gasteiger partial charge in [-0.25, -0.2) is 0 Å². The summed E-state index contributed by atoms with van der Waals surface area (Å²) in [5.74, 6) is 0.0935. The SMILES string of the molecule is CCC(CC)NC(=O)C(C)Oc1ccc([N+](=O)[O-])c(Cl)c1. The molecule has 1 aromatic carbocycles. The first-order chi connectivity index (χ1) is 9.88. The number of carbonyl (C=O) groups excluding carboxylic acids is 1. The van der Waals surface area contributed by atoms with E-state index in [-0.39, 0.29) is 22.7 Å². The maximum Gasteiger partial charge on any atom is 0.288 e. The molecule has 0 bridgehead atoms. The molecule has 0 radical (unpaired) electrons. The maximum absolute atomic E-state index is 12.0. The van der Waals surface area contributed by atoms with Gasteiger partial charge in [-0.2, -0.15) is 0 Å². The Labute approximate surface area is 128 Å². The van der Waals surface area contributed by atoms with Gasteiger partial charge in [-0.1, -0.05) is 25.4 Å². The Balaban J connectivity index is 2.70. The normalized spacial score (nSPS) is 12.0. The largest absolute Gasteiger partial charge is 0.481 e. The van der Waals surface area contributed by atoms with Gasteiger partial charge in [-0.15, -0.1) is 0 Å². The number of hydrogen-bond acceptors (Lipinski definition) is 4. The van der Waals surface area contributed by atoms with E-state index in [9.17, 15) is 14.9 Å². The average Bonchev–Trinajstić information content (AvgIpc) is 2.44. The van der Waals surface area contributed by atoms with E-state index >= 15 is 0 Å². The van der Waals surface area contributed by atoms with Crippen LogP contribution in [-0.4, -0.2) is 23.0 Å². The Hall–Kier alpha value is -1.82. The monoisotopic (exact) mass is 314 g/mol. The Morgan fingerprint density at radius 1 is 1.43 bits per heavy atom. The zero-order valence-electron chi connectivity index (χ0n) is 12.3. The van der Waals surface area contributed by atoms with Crippen molar-refractivity contribution in [2.24, 2.45) is 0 Å². The lowest BCUT2D eigenvalue weighted by Crippen LogP contribution is -2.42. The van der Waals surface area contributed by atoms with Gasteiger partial charge < -0.3 is 10.1 Å². The summed E-state index contributed by atoms with van der Waals surface area (Å²) in [7, 11) is 0. The van der Waals surface area contributed by atoms with Crippen molar-refractivity contribution < 1.29 is 14.5 Å². The minimum Gasteiger partial charge on any atom is -0.481 e. The summed E-state index contributed by atoms with van der Waals surface area (Å²) in [6.07, 6.45) is 0.986. The van der Waals surface area contributed by atoms with Gasteiger partial charge in [0.2, 0.25) is 0 Å². The molecule has 21 heavy (non-hydrogen) atoms. The van der Waals surface area contributed by atoms with Gasteiger partial charge in [0.1, 0.15) is 10.8 Å². The number of amides is 1. The highest BCUT2D eigenvalue weighted by Crippen LogP contribution is 2.28. The summed E-state index contributed by atoms with van der Waals surface area (Å²) in [5, 5.41) is 13.5. The number of nitrogens with one attached hydrogen (secondary N) is 1. The van der Waals surface area contributed by atoms with Crippen molar-refractivity contribution in [2.45, 2.75) is 45.8 Å². The minimum absolute atomic E-state index is 0.0231. The van der Waals surface area contributed by atoms with E-state index in [1.165, 1.54) is 18.2 Å². The lowest BCUT2D eigenvalue weighted by molar-refractivity contribution is -0.384. The molecule has 1 unspecified atom stereocenters. The third-order valence-corrected chi connectivity index (χ3v) is 3.43. The highest BCUT2D eigenvalue weighted by atomic mass is 35.5. The summed E-state index contributed by atoms with van der Waals surface area (Å²) in [6, 6.07) is 4.12. The number of ether oxygens (including phenoxy) is 1. The van der Waals surface area contributed by atoms with Crippen molar-refractivity contribution in [2.75, 3.05) is 0 Å². The Bertz CT molecular complexity index is 518. The molecule has 1 aromatic rings. The number of rotatable bonds is 7. The summed E-state index contributed by atoms with van der Waals surface area (Å²) < 4.78 is 5.46. The third kappa shape index (κ3) is 4.90. The highest BCUT2D eigenvalue weighted by molar-refractivity contribution is 6.32. The number of nitro groups is 1. The van der Waals surface area contributed by atoms with Crippen LogP contribution in [0.2, 0.25) is 5.02 Å². The second-order valence-corrected chi connectivity index (χ2v) is 5.06. The molecule has 0 heterocycles. The van der Waals surface area contributed by atoms with Gasteiger partial charge in [-0.05, 0) is 25.8 Å². The molecule has 0 fully saturated rings. The van der Waals surface area contributed by atoms with Crippen molar-refractivity contribution in [1.29, 1.82) is 0 Å². The van der Waals surface area contributed by atoms with Crippen LogP contribution in [0.3, 0.4) is 0 Å². The minimum atomic E-state index is -0.705.